The van der Waals surface area contributed by atoms with Crippen molar-refractivity contribution < 1.29 is 19.4 Å². The van der Waals surface area contributed by atoms with E-state index in [0.717, 1.165) is 33.4 Å². The monoisotopic (exact) mass is 485 g/mol. The van der Waals surface area contributed by atoms with E-state index in [2.05, 4.69) is 24.3 Å². The Morgan fingerprint density at radius 2 is 1.69 bits per heavy atom. The maximum atomic E-state index is 13.7. The number of hydrogen-bond donors (Lipinski definition) is 1. The average molecular weight is 486 g/mol. The minimum absolute atomic E-state index is 0.0962. The molecule has 6 rings (SSSR count). The van der Waals surface area contributed by atoms with E-state index >= 15 is 0 Å². The van der Waals surface area contributed by atoms with Gasteiger partial charge in [0.25, 0.3) is 0 Å². The number of hydrogen-bond acceptors (Lipinski definition) is 3. The van der Waals surface area contributed by atoms with E-state index in [1.54, 1.807) is 6.07 Å². The number of aryl methyl sites for hydroxylation is 1. The van der Waals surface area contributed by atoms with Crippen LogP contribution in [0.3, 0.4) is 0 Å². The van der Waals surface area contributed by atoms with Crippen molar-refractivity contribution in [3.8, 4) is 11.1 Å². The van der Waals surface area contributed by atoms with Crippen LogP contribution in [0.4, 0.5) is 10.5 Å². The smallest absolute Gasteiger partial charge is 0.415 e. The van der Waals surface area contributed by atoms with Crippen molar-refractivity contribution in [3.63, 3.8) is 0 Å². The average Bonchev–Trinajstić information content (AvgIpc) is 3.45. The molecular formula is C29H24ClNO4. The van der Waals surface area contributed by atoms with Gasteiger partial charge in [0.1, 0.15) is 12.6 Å². The molecule has 3 aromatic rings. The number of carbonyl (C=O) groups is 2. The van der Waals surface area contributed by atoms with E-state index in [1.807, 2.05) is 49.4 Å². The Bertz CT molecular complexity index is 1350. The highest BCUT2D eigenvalue weighted by molar-refractivity contribution is 6.31. The van der Waals surface area contributed by atoms with Gasteiger partial charge in [0, 0.05) is 22.8 Å². The van der Waals surface area contributed by atoms with E-state index in [1.165, 1.54) is 4.90 Å². The van der Waals surface area contributed by atoms with Crippen molar-refractivity contribution >= 4 is 29.4 Å². The standard InChI is InChI=1S/C29H24ClNO4/c1-16-13-17(30)14-24-22-11-6-12-23(22)27(28(32)33)31(26(16)24)29(34)35-15-25-20-9-4-2-7-18(20)19-8-3-5-10-21(19)25/h2-11,13-14,22-23,25,27H,12,15H2,1H3,(H,32,33)/t22-,23+,27-/m0/s1. The molecule has 1 amide bonds. The second kappa shape index (κ2) is 8.28. The van der Waals surface area contributed by atoms with Gasteiger partial charge in [0.2, 0.25) is 0 Å². The third-order valence-electron chi connectivity index (χ3n) is 7.58. The Balaban J connectivity index is 1.36. The van der Waals surface area contributed by atoms with Gasteiger partial charge in [-0.15, -0.1) is 0 Å². The van der Waals surface area contributed by atoms with Gasteiger partial charge in [0.15, 0.2) is 0 Å². The van der Waals surface area contributed by atoms with Crippen LogP contribution in [0.2, 0.25) is 5.02 Å². The highest BCUT2D eigenvalue weighted by atomic mass is 35.5. The molecule has 1 N–H and O–H groups in total. The summed E-state index contributed by atoms with van der Waals surface area (Å²) in [6.45, 7) is 1.98. The number of carboxylic acids is 1. The predicted molar refractivity (Wildman–Crippen MR) is 135 cm³/mol. The van der Waals surface area contributed by atoms with E-state index < -0.39 is 18.1 Å². The number of rotatable bonds is 3. The molecule has 3 aromatic carbocycles. The number of carbonyl (C=O) groups excluding carboxylic acids is 1. The first-order valence-corrected chi connectivity index (χ1v) is 12.2. The molecule has 0 saturated carbocycles. The number of carboxylic acid groups (broad SMARTS) is 1. The molecule has 35 heavy (non-hydrogen) atoms. The van der Waals surface area contributed by atoms with Crippen molar-refractivity contribution in [3.05, 3.63) is 100 Å². The normalized spacial score (nSPS) is 21.8. The van der Waals surface area contributed by atoms with Crippen molar-refractivity contribution in [2.45, 2.75) is 31.2 Å². The van der Waals surface area contributed by atoms with E-state index in [9.17, 15) is 14.7 Å². The molecule has 3 aliphatic rings. The van der Waals surface area contributed by atoms with Gasteiger partial charge in [-0.25, -0.2) is 9.59 Å². The summed E-state index contributed by atoms with van der Waals surface area (Å²) in [5.74, 6) is -1.50. The second-order valence-electron chi connectivity index (χ2n) is 9.47. The summed E-state index contributed by atoms with van der Waals surface area (Å²) >= 11 is 6.37. The Morgan fingerprint density at radius 3 is 2.34 bits per heavy atom. The molecule has 0 aromatic heterocycles. The van der Waals surface area contributed by atoms with E-state index in [-0.39, 0.29) is 24.4 Å². The van der Waals surface area contributed by atoms with Gasteiger partial charge in [-0.1, -0.05) is 72.3 Å². The van der Waals surface area contributed by atoms with Gasteiger partial charge < -0.3 is 9.84 Å². The molecular weight excluding hydrogens is 462 g/mol. The topological polar surface area (TPSA) is 66.8 Å². The fourth-order valence-electron chi connectivity index (χ4n) is 6.17. The summed E-state index contributed by atoms with van der Waals surface area (Å²) in [6, 6.07) is 18.9. The SMILES string of the molecule is Cc1cc(Cl)cc2c1N(C(=O)OCC1c3ccccc3-c3ccccc31)[C@H](C(=O)O)[C@@H]1CC=C[C@H]21. The first kappa shape index (κ1) is 21.9. The van der Waals surface area contributed by atoms with Crippen molar-refractivity contribution in [1.29, 1.82) is 0 Å². The molecule has 0 unspecified atom stereocenters. The van der Waals surface area contributed by atoms with E-state index in [4.69, 9.17) is 16.3 Å². The number of nitrogens with zero attached hydrogens (tertiary/aromatic N) is 1. The third kappa shape index (κ3) is 3.37. The van der Waals surface area contributed by atoms with Crippen LogP contribution in [0.5, 0.6) is 0 Å². The number of benzene rings is 3. The predicted octanol–water partition coefficient (Wildman–Crippen LogP) is 6.53. The molecule has 0 spiro atoms. The minimum atomic E-state index is -1.03. The van der Waals surface area contributed by atoms with Crippen LogP contribution in [0.25, 0.3) is 11.1 Å². The lowest BCUT2D eigenvalue weighted by Gasteiger charge is -2.42. The number of fused-ring (bicyclic) bond motifs is 6. The van der Waals surface area contributed by atoms with Crippen LogP contribution in [0.15, 0.2) is 72.8 Å². The van der Waals surface area contributed by atoms with Crippen molar-refractivity contribution in [2.24, 2.45) is 5.92 Å². The fourth-order valence-corrected chi connectivity index (χ4v) is 6.45. The first-order chi connectivity index (χ1) is 17.0. The van der Waals surface area contributed by atoms with Crippen LogP contribution in [-0.4, -0.2) is 29.8 Å². The minimum Gasteiger partial charge on any atom is -0.480 e. The first-order valence-electron chi connectivity index (χ1n) is 11.8. The van der Waals surface area contributed by atoms with Crippen molar-refractivity contribution in [1.82, 2.24) is 0 Å². The number of ether oxygens (including phenoxy) is 1. The molecule has 0 fully saturated rings. The van der Waals surface area contributed by atoms with Crippen LogP contribution in [0, 0.1) is 12.8 Å². The zero-order valence-electron chi connectivity index (χ0n) is 19.1. The maximum absolute atomic E-state index is 13.7. The molecule has 6 heteroatoms. The molecule has 176 valence electrons. The summed E-state index contributed by atoms with van der Waals surface area (Å²) in [5.41, 5.74) is 6.72. The van der Waals surface area contributed by atoms with Crippen LogP contribution < -0.4 is 4.90 Å². The lowest BCUT2D eigenvalue weighted by molar-refractivity contribution is -0.140. The zero-order chi connectivity index (χ0) is 24.3. The van der Waals surface area contributed by atoms with Gasteiger partial charge >= 0.3 is 12.1 Å². The van der Waals surface area contributed by atoms with Gasteiger partial charge in [-0.2, -0.15) is 0 Å². The molecule has 1 heterocycles. The molecule has 0 saturated heterocycles. The van der Waals surface area contributed by atoms with Gasteiger partial charge in [-0.05, 0) is 58.9 Å². The molecule has 3 atom stereocenters. The van der Waals surface area contributed by atoms with Crippen LogP contribution in [0.1, 0.15) is 40.5 Å². The summed E-state index contributed by atoms with van der Waals surface area (Å²) in [4.78, 5) is 27.5. The number of halogens is 1. The van der Waals surface area contributed by atoms with Gasteiger partial charge in [0.05, 0.1) is 5.69 Å². The summed E-state index contributed by atoms with van der Waals surface area (Å²) < 4.78 is 5.92. The fraction of sp³-hybridized carbons (Fsp3) is 0.241. The van der Waals surface area contributed by atoms with Gasteiger partial charge in [-0.3, -0.25) is 4.90 Å². The van der Waals surface area contributed by atoms with Crippen LogP contribution >= 0.6 is 11.6 Å². The lowest BCUT2D eigenvalue weighted by atomic mass is 9.77. The van der Waals surface area contributed by atoms with Crippen LogP contribution in [-0.2, 0) is 9.53 Å². The number of aliphatic carboxylic acids is 1. The maximum Gasteiger partial charge on any atom is 0.415 e. The zero-order valence-corrected chi connectivity index (χ0v) is 19.9. The number of allylic oxidation sites excluding steroid dienone is 2. The lowest BCUT2D eigenvalue weighted by Crippen LogP contribution is -2.54. The Kier molecular flexibility index (Phi) is 5.19. The highest BCUT2D eigenvalue weighted by Gasteiger charge is 2.49. The molecule has 2 aliphatic carbocycles. The third-order valence-corrected chi connectivity index (χ3v) is 7.80. The second-order valence-corrected chi connectivity index (χ2v) is 9.91. The summed E-state index contributed by atoms with van der Waals surface area (Å²) in [7, 11) is 0. The number of anilines is 1. The quantitative estimate of drug-likeness (QED) is 0.428. The molecule has 1 aliphatic heterocycles. The Labute approximate surface area is 208 Å². The Hall–Kier alpha value is -3.57. The van der Waals surface area contributed by atoms with E-state index in [0.29, 0.717) is 17.1 Å². The molecule has 5 nitrogen and oxygen atoms in total. The summed E-state index contributed by atoms with van der Waals surface area (Å²) in [6.07, 6.45) is 3.97. The number of amides is 1. The molecule has 0 bridgehead atoms. The van der Waals surface area contributed by atoms with Crippen molar-refractivity contribution in [2.75, 3.05) is 11.5 Å². The highest BCUT2D eigenvalue weighted by Crippen LogP contribution is 2.50. The Morgan fingerprint density at radius 1 is 1.03 bits per heavy atom. The largest absolute Gasteiger partial charge is 0.480 e. The molecule has 0 radical (unpaired) electrons. The summed E-state index contributed by atoms with van der Waals surface area (Å²) in [5, 5.41) is 10.8.